The van der Waals surface area contributed by atoms with Crippen LogP contribution in [0.1, 0.15) is 5.56 Å². The fourth-order valence-electron chi connectivity index (χ4n) is 1.86. The van der Waals surface area contributed by atoms with Gasteiger partial charge >= 0.3 is 0 Å². The van der Waals surface area contributed by atoms with Gasteiger partial charge in [-0.25, -0.2) is 39.5 Å². The summed E-state index contributed by atoms with van der Waals surface area (Å²) in [4.78, 5) is 0. The monoisotopic (exact) mass is 346 g/mol. The summed E-state index contributed by atoms with van der Waals surface area (Å²) < 4.78 is 121. The Morgan fingerprint density at radius 2 is 0.696 bits per heavy atom. The van der Waals surface area contributed by atoms with E-state index < -0.39 is 75.7 Å². The Bertz CT molecular complexity index is 758. The zero-order chi connectivity index (χ0) is 17.6. The van der Waals surface area contributed by atoms with Crippen LogP contribution in [0.25, 0.3) is 11.1 Å². The van der Waals surface area contributed by atoms with Crippen molar-refractivity contribution in [3.05, 3.63) is 57.9 Å². The van der Waals surface area contributed by atoms with Crippen LogP contribution in [0.15, 0.2) is 0 Å². The van der Waals surface area contributed by atoms with Gasteiger partial charge < -0.3 is 5.11 Å². The second-order valence-electron chi connectivity index (χ2n) is 4.21. The molecule has 1 nitrogen and oxygen atoms in total. The number of benzene rings is 2. The molecule has 2 rings (SSSR count). The van der Waals surface area contributed by atoms with E-state index in [1.54, 1.807) is 0 Å². The first kappa shape index (κ1) is 17.1. The fourth-order valence-corrected chi connectivity index (χ4v) is 1.86. The van der Waals surface area contributed by atoms with Crippen molar-refractivity contribution in [3.63, 3.8) is 0 Å². The van der Waals surface area contributed by atoms with Gasteiger partial charge in [0.05, 0.1) is 23.3 Å². The smallest absolute Gasteiger partial charge is 0.200 e. The minimum Gasteiger partial charge on any atom is -0.391 e. The molecule has 0 saturated carbocycles. The highest BCUT2D eigenvalue weighted by atomic mass is 19.2. The van der Waals surface area contributed by atoms with E-state index in [4.69, 9.17) is 5.11 Å². The maximum atomic E-state index is 13.7. The first-order chi connectivity index (χ1) is 10.6. The SMILES string of the molecule is OCc1c(F)c(F)c(-c2c(F)c(F)c(F)c(F)c2F)c(F)c1F. The Morgan fingerprint density at radius 3 is 1.00 bits per heavy atom. The molecule has 10 heteroatoms. The van der Waals surface area contributed by atoms with Gasteiger partial charge in [0.15, 0.2) is 46.5 Å². The summed E-state index contributed by atoms with van der Waals surface area (Å²) in [5, 5.41) is 8.61. The van der Waals surface area contributed by atoms with Gasteiger partial charge in [0.1, 0.15) is 0 Å². The third kappa shape index (κ3) is 2.33. The van der Waals surface area contributed by atoms with Crippen molar-refractivity contribution in [2.75, 3.05) is 0 Å². The third-order valence-electron chi connectivity index (χ3n) is 2.97. The molecule has 0 saturated heterocycles. The summed E-state index contributed by atoms with van der Waals surface area (Å²) in [6.07, 6.45) is 0. The highest BCUT2D eigenvalue weighted by Crippen LogP contribution is 2.37. The minimum absolute atomic E-state index is 1.51. The molecule has 23 heavy (non-hydrogen) atoms. The van der Waals surface area contributed by atoms with E-state index in [-0.39, 0.29) is 0 Å². The van der Waals surface area contributed by atoms with Gasteiger partial charge in [-0.3, -0.25) is 0 Å². The summed E-state index contributed by atoms with van der Waals surface area (Å²) in [7, 11) is 0. The van der Waals surface area contributed by atoms with Crippen molar-refractivity contribution in [2.24, 2.45) is 0 Å². The topological polar surface area (TPSA) is 20.2 Å². The fraction of sp³-hybridized carbons (Fsp3) is 0.0769. The van der Waals surface area contributed by atoms with Crippen LogP contribution < -0.4 is 0 Å². The average molecular weight is 346 g/mol. The molecule has 0 aromatic heterocycles. The van der Waals surface area contributed by atoms with Gasteiger partial charge in [0.2, 0.25) is 5.82 Å². The third-order valence-corrected chi connectivity index (χ3v) is 2.97. The standard InChI is InChI=1S/C13H3F9O/c14-5-2(1-23)6(15)8(17)3(7(5)16)4-9(18)11(20)13(22)12(21)10(4)19/h23H,1H2. The van der Waals surface area contributed by atoms with Gasteiger partial charge in [-0.15, -0.1) is 0 Å². The average Bonchev–Trinajstić information content (AvgIpc) is 2.53. The molecule has 1 N–H and O–H groups in total. The van der Waals surface area contributed by atoms with Crippen LogP contribution in [0, 0.1) is 52.4 Å². The van der Waals surface area contributed by atoms with Gasteiger partial charge in [-0.2, -0.15) is 0 Å². The van der Waals surface area contributed by atoms with Crippen LogP contribution in [-0.4, -0.2) is 5.11 Å². The zero-order valence-electron chi connectivity index (χ0n) is 10.6. The zero-order valence-corrected chi connectivity index (χ0v) is 10.6. The summed E-state index contributed by atoms with van der Waals surface area (Å²) >= 11 is 0. The van der Waals surface area contributed by atoms with Crippen LogP contribution >= 0.6 is 0 Å². The largest absolute Gasteiger partial charge is 0.391 e. The van der Waals surface area contributed by atoms with Gasteiger partial charge in [0, 0.05) is 0 Å². The molecule has 2 aromatic rings. The van der Waals surface area contributed by atoms with Crippen LogP contribution in [0.3, 0.4) is 0 Å². The molecular formula is C13H3F9O. The Kier molecular flexibility index (Phi) is 4.29. The molecular weight excluding hydrogens is 343 g/mol. The Hall–Kier alpha value is -2.23. The second kappa shape index (κ2) is 5.76. The number of aliphatic hydroxyl groups excluding tert-OH is 1. The van der Waals surface area contributed by atoms with Crippen molar-refractivity contribution in [1.82, 2.24) is 0 Å². The summed E-state index contributed by atoms with van der Waals surface area (Å²) in [5.74, 6) is -22.4. The highest BCUT2D eigenvalue weighted by Gasteiger charge is 2.33. The van der Waals surface area contributed by atoms with E-state index in [0.29, 0.717) is 0 Å². The van der Waals surface area contributed by atoms with Crippen molar-refractivity contribution in [1.29, 1.82) is 0 Å². The van der Waals surface area contributed by atoms with Crippen LogP contribution in [0.4, 0.5) is 39.5 Å². The number of aliphatic hydroxyl groups is 1. The van der Waals surface area contributed by atoms with Gasteiger partial charge in [0.25, 0.3) is 0 Å². The quantitative estimate of drug-likeness (QED) is 0.493. The van der Waals surface area contributed by atoms with E-state index in [0.717, 1.165) is 0 Å². The summed E-state index contributed by atoms with van der Waals surface area (Å²) in [5.41, 5.74) is -5.80. The van der Waals surface area contributed by atoms with E-state index >= 15 is 0 Å². The number of halogens is 9. The molecule has 124 valence electrons. The minimum atomic E-state index is -2.63. The van der Waals surface area contributed by atoms with E-state index in [1.165, 1.54) is 0 Å². The number of rotatable bonds is 2. The Balaban J connectivity index is 3.01. The van der Waals surface area contributed by atoms with Crippen molar-refractivity contribution in [2.45, 2.75) is 6.61 Å². The molecule has 0 bridgehead atoms. The predicted octanol–water partition coefficient (Wildman–Crippen LogP) is 4.10. The lowest BCUT2D eigenvalue weighted by Crippen LogP contribution is -2.11. The normalized spacial score (nSPS) is 11.2. The maximum Gasteiger partial charge on any atom is 0.200 e. The van der Waals surface area contributed by atoms with Crippen LogP contribution in [-0.2, 0) is 6.61 Å². The first-order valence-corrected chi connectivity index (χ1v) is 5.62. The van der Waals surface area contributed by atoms with E-state index in [2.05, 4.69) is 0 Å². The first-order valence-electron chi connectivity index (χ1n) is 5.62. The maximum absolute atomic E-state index is 13.7. The lowest BCUT2D eigenvalue weighted by atomic mass is 9.99. The second-order valence-corrected chi connectivity index (χ2v) is 4.21. The summed E-state index contributed by atoms with van der Waals surface area (Å²) in [6, 6.07) is 0. The molecule has 0 spiro atoms. The lowest BCUT2D eigenvalue weighted by molar-refractivity contribution is 0.263. The van der Waals surface area contributed by atoms with Gasteiger partial charge in [-0.1, -0.05) is 0 Å². The number of hydrogen-bond acceptors (Lipinski definition) is 1. The molecule has 0 atom stereocenters. The molecule has 0 amide bonds. The molecule has 2 aromatic carbocycles. The molecule has 0 aliphatic rings. The number of hydrogen-bond donors (Lipinski definition) is 1. The Morgan fingerprint density at radius 1 is 0.435 bits per heavy atom. The van der Waals surface area contributed by atoms with Crippen molar-refractivity contribution < 1.29 is 44.6 Å². The van der Waals surface area contributed by atoms with Crippen molar-refractivity contribution in [3.8, 4) is 11.1 Å². The van der Waals surface area contributed by atoms with Crippen LogP contribution in [0.2, 0.25) is 0 Å². The molecule has 0 aliphatic carbocycles. The summed E-state index contributed by atoms with van der Waals surface area (Å²) in [6.45, 7) is -1.51. The van der Waals surface area contributed by atoms with E-state index in [1.807, 2.05) is 0 Å². The molecule has 0 aliphatic heterocycles. The molecule has 0 unspecified atom stereocenters. The van der Waals surface area contributed by atoms with Gasteiger partial charge in [-0.05, 0) is 0 Å². The molecule has 0 heterocycles. The highest BCUT2D eigenvalue weighted by molar-refractivity contribution is 5.67. The molecule has 0 radical (unpaired) electrons. The lowest BCUT2D eigenvalue weighted by Gasteiger charge is -2.13. The van der Waals surface area contributed by atoms with Crippen LogP contribution in [0.5, 0.6) is 0 Å². The van der Waals surface area contributed by atoms with Crippen molar-refractivity contribution >= 4 is 0 Å². The predicted molar refractivity (Wildman–Crippen MR) is 57.4 cm³/mol. The Labute approximate surface area is 121 Å². The molecule has 0 fully saturated rings. The van der Waals surface area contributed by atoms with E-state index in [9.17, 15) is 39.5 Å².